The summed E-state index contributed by atoms with van der Waals surface area (Å²) in [5, 5.41) is 0. The molecular weight excluding hydrogens is 218 g/mol. The van der Waals surface area contributed by atoms with Crippen LogP contribution in [0, 0.1) is 10.8 Å². The Morgan fingerprint density at radius 2 is 0.778 bits per heavy atom. The molecule has 1 aromatic heterocycles. The Labute approximate surface area is 117 Å². The molecule has 1 aromatic rings. The summed E-state index contributed by atoms with van der Waals surface area (Å²) < 4.78 is 2.00. The molecule has 0 aliphatic rings. The molecule has 1 heteroatoms. The van der Waals surface area contributed by atoms with E-state index in [0.29, 0.717) is 10.8 Å². The zero-order valence-electron chi connectivity index (χ0n) is 14.8. The Kier molecular flexibility index (Phi) is 14.2. The molecule has 0 saturated carbocycles. The third kappa shape index (κ3) is 79.0. The molecule has 0 fully saturated rings. The molecule has 0 bridgehead atoms. The Morgan fingerprint density at radius 3 is 0.833 bits per heavy atom. The van der Waals surface area contributed by atoms with E-state index in [9.17, 15) is 0 Å². The van der Waals surface area contributed by atoms with Crippen molar-refractivity contribution in [1.82, 2.24) is 4.57 Å². The minimum atomic E-state index is 0.500. The molecule has 0 aromatic carbocycles. The molecule has 110 valence electrons. The molecule has 0 amide bonds. The van der Waals surface area contributed by atoms with E-state index in [4.69, 9.17) is 0 Å². The monoisotopic (exact) mass is 255 g/mol. The van der Waals surface area contributed by atoms with Gasteiger partial charge in [0.2, 0.25) is 0 Å². The Balaban J connectivity index is -0.000000177. The predicted molar refractivity (Wildman–Crippen MR) is 87.0 cm³/mol. The molecule has 0 aliphatic carbocycles. The molecule has 1 heterocycles. The van der Waals surface area contributed by atoms with Crippen LogP contribution in [-0.2, 0) is 7.05 Å². The van der Waals surface area contributed by atoms with E-state index in [2.05, 4.69) is 55.4 Å². The van der Waals surface area contributed by atoms with E-state index in [0.717, 1.165) is 0 Å². The number of hydrogen-bond acceptors (Lipinski definition) is 0. The summed E-state index contributed by atoms with van der Waals surface area (Å²) in [6, 6.07) is 4.00. The first-order valence-corrected chi connectivity index (χ1v) is 6.96. The van der Waals surface area contributed by atoms with Crippen molar-refractivity contribution in [3.8, 4) is 0 Å². The van der Waals surface area contributed by atoms with Gasteiger partial charge in [-0.15, -0.1) is 0 Å². The normalized spacial score (nSPS) is 9.94. The third-order valence-electron chi connectivity index (χ3n) is 0.754. The average molecular weight is 255 g/mol. The Hall–Kier alpha value is -0.720. The van der Waals surface area contributed by atoms with Crippen LogP contribution in [0.3, 0.4) is 0 Å². The lowest BCUT2D eigenvalue weighted by molar-refractivity contribution is 0.469. The third-order valence-corrected chi connectivity index (χ3v) is 0.754. The van der Waals surface area contributed by atoms with Crippen molar-refractivity contribution < 1.29 is 0 Å². The number of nitrogens with zero attached hydrogens (tertiary/aromatic N) is 1. The van der Waals surface area contributed by atoms with Crippen LogP contribution in [0.25, 0.3) is 0 Å². The standard InChI is InChI=1S/C5H7N.2C5H12.C2H6/c1-6-4-2-3-5-6;2*1-5(2,3)4;1-2/h2-5H,1H3;2*1-4H3;1-2H3. The molecule has 0 aliphatic heterocycles. The summed E-state index contributed by atoms with van der Waals surface area (Å²) in [6.07, 6.45) is 4.00. The zero-order valence-corrected chi connectivity index (χ0v) is 14.8. The van der Waals surface area contributed by atoms with Gasteiger partial charge in [-0.05, 0) is 23.0 Å². The summed E-state index contributed by atoms with van der Waals surface area (Å²) in [5.74, 6) is 0. The summed E-state index contributed by atoms with van der Waals surface area (Å²) in [6.45, 7) is 21.5. The van der Waals surface area contributed by atoms with Crippen LogP contribution in [0.4, 0.5) is 0 Å². The zero-order chi connectivity index (χ0) is 15.4. The maximum absolute atomic E-state index is 2.19. The first kappa shape index (κ1) is 22.5. The SMILES string of the molecule is CC.CC(C)(C)C.CC(C)(C)C.Cn1cccc1. The maximum Gasteiger partial charge on any atom is 0.0106 e. The van der Waals surface area contributed by atoms with Crippen LogP contribution in [0.5, 0.6) is 0 Å². The number of hydrogen-bond donors (Lipinski definition) is 0. The highest BCUT2D eigenvalue weighted by molar-refractivity contribution is 4.88. The molecule has 0 saturated heterocycles. The van der Waals surface area contributed by atoms with Crippen molar-refractivity contribution in [3.63, 3.8) is 0 Å². The molecule has 1 rings (SSSR count). The highest BCUT2D eigenvalue weighted by atomic mass is 14.9. The molecular formula is C17H37N. The van der Waals surface area contributed by atoms with Gasteiger partial charge in [-0.2, -0.15) is 0 Å². The number of rotatable bonds is 0. The van der Waals surface area contributed by atoms with Crippen molar-refractivity contribution in [2.75, 3.05) is 0 Å². The fourth-order valence-electron chi connectivity index (χ4n) is 0.421. The lowest BCUT2D eigenvalue weighted by Crippen LogP contribution is -1.93. The van der Waals surface area contributed by atoms with E-state index < -0.39 is 0 Å². The number of aromatic nitrogens is 1. The minimum Gasteiger partial charge on any atom is -0.357 e. The van der Waals surface area contributed by atoms with Crippen molar-refractivity contribution in [3.05, 3.63) is 24.5 Å². The molecule has 0 atom stereocenters. The van der Waals surface area contributed by atoms with Gasteiger partial charge in [0.25, 0.3) is 0 Å². The molecule has 0 N–H and O–H groups in total. The van der Waals surface area contributed by atoms with Crippen LogP contribution >= 0.6 is 0 Å². The van der Waals surface area contributed by atoms with Gasteiger partial charge in [-0.3, -0.25) is 0 Å². The van der Waals surface area contributed by atoms with Crippen LogP contribution in [0.15, 0.2) is 24.5 Å². The van der Waals surface area contributed by atoms with E-state index in [1.54, 1.807) is 0 Å². The van der Waals surface area contributed by atoms with Gasteiger partial charge in [0.1, 0.15) is 0 Å². The fourth-order valence-corrected chi connectivity index (χ4v) is 0.421. The second kappa shape index (κ2) is 11.4. The quantitative estimate of drug-likeness (QED) is 0.523. The van der Waals surface area contributed by atoms with Crippen molar-refractivity contribution in [2.45, 2.75) is 69.2 Å². The van der Waals surface area contributed by atoms with Crippen LogP contribution in [0.1, 0.15) is 69.2 Å². The van der Waals surface area contributed by atoms with E-state index >= 15 is 0 Å². The second-order valence-corrected chi connectivity index (χ2v) is 7.35. The largest absolute Gasteiger partial charge is 0.357 e. The maximum atomic E-state index is 2.19. The van der Waals surface area contributed by atoms with Crippen molar-refractivity contribution >= 4 is 0 Å². The van der Waals surface area contributed by atoms with Gasteiger partial charge in [-0.25, -0.2) is 0 Å². The molecule has 0 unspecified atom stereocenters. The molecule has 18 heavy (non-hydrogen) atoms. The van der Waals surface area contributed by atoms with Gasteiger partial charge < -0.3 is 4.57 Å². The Bertz CT molecular complexity index is 208. The Morgan fingerprint density at radius 1 is 0.611 bits per heavy atom. The molecule has 0 radical (unpaired) electrons. The van der Waals surface area contributed by atoms with Crippen LogP contribution in [0.2, 0.25) is 0 Å². The predicted octanol–water partition coefficient (Wildman–Crippen LogP) is 6.16. The minimum absolute atomic E-state index is 0.500. The van der Waals surface area contributed by atoms with Gasteiger partial charge in [0.05, 0.1) is 0 Å². The topological polar surface area (TPSA) is 4.93 Å². The van der Waals surface area contributed by atoms with Crippen LogP contribution in [-0.4, -0.2) is 4.57 Å². The van der Waals surface area contributed by atoms with Gasteiger partial charge in [-0.1, -0.05) is 69.2 Å². The highest BCUT2D eigenvalue weighted by Gasteiger charge is 1.96. The van der Waals surface area contributed by atoms with E-state index in [1.165, 1.54) is 0 Å². The van der Waals surface area contributed by atoms with Gasteiger partial charge >= 0.3 is 0 Å². The van der Waals surface area contributed by atoms with Crippen LogP contribution < -0.4 is 0 Å². The average Bonchev–Trinajstić information content (AvgIpc) is 2.53. The van der Waals surface area contributed by atoms with Crippen molar-refractivity contribution in [1.29, 1.82) is 0 Å². The fraction of sp³-hybridized carbons (Fsp3) is 0.765. The van der Waals surface area contributed by atoms with E-state index in [-0.39, 0.29) is 0 Å². The molecule has 1 nitrogen and oxygen atoms in total. The summed E-state index contributed by atoms with van der Waals surface area (Å²) >= 11 is 0. The lowest BCUT2D eigenvalue weighted by Gasteiger charge is -2.05. The first-order valence-electron chi connectivity index (χ1n) is 6.96. The number of aryl methyl sites for hydroxylation is 1. The summed E-state index contributed by atoms with van der Waals surface area (Å²) in [7, 11) is 2.00. The second-order valence-electron chi connectivity index (χ2n) is 7.35. The first-order chi connectivity index (χ1) is 7.89. The van der Waals surface area contributed by atoms with Gasteiger partial charge in [0, 0.05) is 19.4 Å². The smallest absolute Gasteiger partial charge is 0.0106 e. The summed E-state index contributed by atoms with van der Waals surface area (Å²) in [4.78, 5) is 0. The van der Waals surface area contributed by atoms with Crippen molar-refractivity contribution in [2.24, 2.45) is 17.9 Å². The van der Waals surface area contributed by atoms with E-state index in [1.807, 2.05) is 50.0 Å². The summed E-state index contributed by atoms with van der Waals surface area (Å²) in [5.41, 5.74) is 1.00. The highest BCUT2D eigenvalue weighted by Crippen LogP contribution is 2.08. The molecule has 0 spiro atoms. The lowest BCUT2D eigenvalue weighted by atomic mass is 10.0. The van der Waals surface area contributed by atoms with Gasteiger partial charge in [0.15, 0.2) is 0 Å².